The van der Waals surface area contributed by atoms with Crippen LogP contribution in [0.4, 0.5) is 0 Å². The maximum atomic E-state index is 10.4. The molecule has 126 valence electrons. The lowest BCUT2D eigenvalue weighted by molar-refractivity contribution is -0.0975. The summed E-state index contributed by atoms with van der Waals surface area (Å²) >= 11 is 0. The molecule has 0 bridgehead atoms. The minimum atomic E-state index is -0.799. The average Bonchev–Trinajstić information content (AvgIpc) is 2.35. The van der Waals surface area contributed by atoms with E-state index in [9.17, 15) is 10.2 Å². The Kier molecular flexibility index (Phi) is 4.68. The minimum absolute atomic E-state index is 0.122. The van der Waals surface area contributed by atoms with Crippen molar-refractivity contribution >= 4 is 0 Å². The molecule has 2 N–H and O–H groups in total. The fourth-order valence-corrected chi connectivity index (χ4v) is 5.40. The number of allylic oxidation sites excluding steroid dienone is 2. The van der Waals surface area contributed by atoms with E-state index >= 15 is 0 Å². The van der Waals surface area contributed by atoms with Gasteiger partial charge in [-0.1, -0.05) is 38.5 Å². The van der Waals surface area contributed by atoms with Crippen LogP contribution in [0.2, 0.25) is 0 Å². The van der Waals surface area contributed by atoms with Crippen molar-refractivity contribution in [2.45, 2.75) is 78.4 Å². The first-order valence-electron chi connectivity index (χ1n) is 8.72. The normalized spacial score (nSPS) is 40.3. The number of hydrogen-bond acceptors (Lipinski definition) is 2. The number of aliphatic hydroxyl groups excluding tert-OH is 1. The monoisotopic (exact) mass is 306 g/mol. The summed E-state index contributed by atoms with van der Waals surface area (Å²) in [6, 6.07) is 0. The predicted octanol–water partition coefficient (Wildman–Crippen LogP) is 4.47. The van der Waals surface area contributed by atoms with E-state index in [1.54, 1.807) is 6.08 Å². The second-order valence-electron chi connectivity index (χ2n) is 8.95. The number of aliphatic hydroxyl groups is 2. The molecule has 5 atom stereocenters. The lowest BCUT2D eigenvalue weighted by Crippen LogP contribution is -2.52. The van der Waals surface area contributed by atoms with Gasteiger partial charge in [-0.15, -0.1) is 6.58 Å². The summed E-state index contributed by atoms with van der Waals surface area (Å²) in [5.41, 5.74) is 0.926. The zero-order valence-electron chi connectivity index (χ0n) is 15.0. The molecule has 2 nitrogen and oxygen atoms in total. The molecule has 0 radical (unpaired) electrons. The highest BCUT2D eigenvalue weighted by atomic mass is 16.3. The fraction of sp³-hybridized carbons (Fsp3) is 0.800. The quantitative estimate of drug-likeness (QED) is 0.752. The van der Waals surface area contributed by atoms with Gasteiger partial charge in [0.15, 0.2) is 0 Å². The van der Waals surface area contributed by atoms with Crippen LogP contribution in [0, 0.1) is 22.7 Å². The van der Waals surface area contributed by atoms with Gasteiger partial charge in [0.1, 0.15) is 0 Å². The van der Waals surface area contributed by atoms with Crippen molar-refractivity contribution in [2.24, 2.45) is 22.7 Å². The molecule has 1 fully saturated rings. The Morgan fingerprint density at radius 1 is 1.36 bits per heavy atom. The maximum Gasteiger partial charge on any atom is 0.0797 e. The van der Waals surface area contributed by atoms with Crippen LogP contribution < -0.4 is 0 Å². The van der Waals surface area contributed by atoms with Gasteiger partial charge in [-0.3, -0.25) is 0 Å². The molecular formula is C20H34O2. The van der Waals surface area contributed by atoms with Crippen molar-refractivity contribution in [3.63, 3.8) is 0 Å². The Hall–Kier alpha value is -0.600. The van der Waals surface area contributed by atoms with E-state index in [0.717, 1.165) is 32.1 Å². The van der Waals surface area contributed by atoms with Gasteiger partial charge in [-0.2, -0.15) is 0 Å². The van der Waals surface area contributed by atoms with Crippen LogP contribution in [0.25, 0.3) is 0 Å². The van der Waals surface area contributed by atoms with Crippen molar-refractivity contribution < 1.29 is 10.2 Å². The van der Waals surface area contributed by atoms with Crippen molar-refractivity contribution in [3.05, 3.63) is 24.3 Å². The van der Waals surface area contributed by atoms with E-state index in [-0.39, 0.29) is 16.9 Å². The van der Waals surface area contributed by atoms with Crippen LogP contribution in [-0.4, -0.2) is 21.9 Å². The van der Waals surface area contributed by atoms with Crippen LogP contribution in [-0.2, 0) is 0 Å². The predicted molar refractivity (Wildman–Crippen MR) is 92.5 cm³/mol. The third-order valence-electron chi connectivity index (χ3n) is 6.58. The van der Waals surface area contributed by atoms with E-state index in [4.69, 9.17) is 0 Å². The van der Waals surface area contributed by atoms with Crippen molar-refractivity contribution in [1.29, 1.82) is 0 Å². The van der Waals surface area contributed by atoms with Gasteiger partial charge in [0, 0.05) is 0 Å². The Morgan fingerprint density at radius 3 is 2.59 bits per heavy atom. The summed E-state index contributed by atoms with van der Waals surface area (Å²) in [4.78, 5) is 0. The first-order valence-corrected chi connectivity index (χ1v) is 8.72. The maximum absolute atomic E-state index is 10.4. The zero-order chi connectivity index (χ0) is 16.8. The van der Waals surface area contributed by atoms with Crippen LogP contribution >= 0.6 is 0 Å². The molecule has 2 aliphatic carbocycles. The summed E-state index contributed by atoms with van der Waals surface area (Å²) in [7, 11) is 0. The zero-order valence-corrected chi connectivity index (χ0v) is 15.0. The molecular weight excluding hydrogens is 272 g/mol. The smallest absolute Gasteiger partial charge is 0.0797 e. The van der Waals surface area contributed by atoms with Gasteiger partial charge in [0.25, 0.3) is 0 Å². The van der Waals surface area contributed by atoms with Crippen molar-refractivity contribution in [3.8, 4) is 0 Å². The van der Waals surface area contributed by atoms with Crippen LogP contribution in [0.5, 0.6) is 0 Å². The Bertz CT molecular complexity index is 460. The molecule has 0 aromatic carbocycles. The molecule has 0 aromatic rings. The second kappa shape index (κ2) is 5.79. The van der Waals surface area contributed by atoms with Crippen LogP contribution in [0.15, 0.2) is 24.3 Å². The first-order chi connectivity index (χ1) is 10.0. The fourth-order valence-electron chi connectivity index (χ4n) is 5.40. The Labute approximate surface area is 136 Å². The molecule has 0 amide bonds. The SMILES string of the molecule is C=C[C@](C)(O)CC[C@@H]1C(C)=CC[C@@H]2C(C)(C)CC(O)C[C@@]12C. The molecule has 2 heteroatoms. The van der Waals surface area contributed by atoms with E-state index in [1.165, 1.54) is 5.57 Å². The van der Waals surface area contributed by atoms with Gasteiger partial charge in [0.2, 0.25) is 0 Å². The highest BCUT2D eigenvalue weighted by Crippen LogP contribution is 2.60. The number of fused-ring (bicyclic) bond motifs is 1. The molecule has 0 heterocycles. The number of hydrogen-bond donors (Lipinski definition) is 2. The molecule has 2 rings (SSSR count). The standard InChI is InChI=1S/C20H34O2/c1-7-19(5,22)11-10-16-14(2)8-9-17-18(3,4)12-15(21)13-20(16,17)6/h7-8,15-17,21-22H,1,9-13H2,2-6H3/t15?,16-,17-,19+,20+/m1/s1. The van der Waals surface area contributed by atoms with Gasteiger partial charge in [0.05, 0.1) is 11.7 Å². The highest BCUT2D eigenvalue weighted by molar-refractivity contribution is 5.19. The average molecular weight is 306 g/mol. The highest BCUT2D eigenvalue weighted by Gasteiger charge is 2.54. The third kappa shape index (κ3) is 3.19. The lowest BCUT2D eigenvalue weighted by Gasteiger charge is -2.58. The van der Waals surface area contributed by atoms with Crippen molar-refractivity contribution in [2.75, 3.05) is 0 Å². The molecule has 22 heavy (non-hydrogen) atoms. The van der Waals surface area contributed by atoms with E-state index < -0.39 is 5.60 Å². The molecule has 1 saturated carbocycles. The number of rotatable bonds is 4. The topological polar surface area (TPSA) is 40.5 Å². The summed E-state index contributed by atoms with van der Waals surface area (Å²) in [5.74, 6) is 1.04. The van der Waals surface area contributed by atoms with Gasteiger partial charge in [-0.05, 0) is 68.6 Å². The molecule has 0 saturated heterocycles. The lowest BCUT2D eigenvalue weighted by atomic mass is 9.47. The largest absolute Gasteiger partial charge is 0.393 e. The van der Waals surface area contributed by atoms with Crippen molar-refractivity contribution in [1.82, 2.24) is 0 Å². The summed E-state index contributed by atoms with van der Waals surface area (Å²) in [6.45, 7) is 14.8. The second-order valence-corrected chi connectivity index (χ2v) is 8.95. The Balaban J connectivity index is 2.29. The molecule has 0 spiro atoms. The summed E-state index contributed by atoms with van der Waals surface area (Å²) in [6.07, 6.45) is 8.43. The van der Waals surface area contributed by atoms with Crippen LogP contribution in [0.1, 0.15) is 66.7 Å². The Morgan fingerprint density at radius 2 is 2.00 bits per heavy atom. The molecule has 2 aliphatic rings. The summed E-state index contributed by atoms with van der Waals surface area (Å²) in [5, 5.41) is 20.7. The minimum Gasteiger partial charge on any atom is -0.393 e. The van der Waals surface area contributed by atoms with Crippen LogP contribution in [0.3, 0.4) is 0 Å². The molecule has 0 aliphatic heterocycles. The molecule has 1 unspecified atom stereocenters. The van der Waals surface area contributed by atoms with E-state index in [2.05, 4.69) is 40.3 Å². The van der Waals surface area contributed by atoms with Gasteiger partial charge in [-0.25, -0.2) is 0 Å². The van der Waals surface area contributed by atoms with E-state index in [0.29, 0.717) is 11.8 Å². The molecule has 0 aromatic heterocycles. The first kappa shape index (κ1) is 17.7. The summed E-state index contributed by atoms with van der Waals surface area (Å²) < 4.78 is 0. The van der Waals surface area contributed by atoms with Gasteiger partial charge >= 0.3 is 0 Å². The van der Waals surface area contributed by atoms with Gasteiger partial charge < -0.3 is 10.2 Å². The third-order valence-corrected chi connectivity index (χ3v) is 6.58. The van der Waals surface area contributed by atoms with E-state index in [1.807, 2.05) is 6.92 Å².